The van der Waals surface area contributed by atoms with Crippen molar-refractivity contribution in [2.24, 2.45) is 0 Å². The summed E-state index contributed by atoms with van der Waals surface area (Å²) in [6.45, 7) is 5.44. The normalized spacial score (nSPS) is 19.9. The molecule has 15 heavy (non-hydrogen) atoms. The molecule has 1 atom stereocenters. The van der Waals surface area contributed by atoms with Crippen LogP contribution in [0.5, 0.6) is 0 Å². The topological polar surface area (TPSA) is 24.1 Å². The maximum atomic E-state index is 3.60. The van der Waals surface area contributed by atoms with Crippen LogP contribution in [0.4, 0.5) is 5.69 Å². The molecular weight excluding hydrogens is 252 g/mol. The fourth-order valence-electron chi connectivity index (χ4n) is 2.07. The van der Waals surface area contributed by atoms with Crippen molar-refractivity contribution >= 4 is 21.6 Å². The van der Waals surface area contributed by atoms with Crippen LogP contribution in [0.1, 0.15) is 31.9 Å². The van der Waals surface area contributed by atoms with E-state index in [1.165, 1.54) is 11.3 Å². The van der Waals surface area contributed by atoms with Gasteiger partial charge in [-0.3, -0.25) is 0 Å². The second-order valence-corrected chi connectivity index (χ2v) is 5.24. The lowest BCUT2D eigenvalue weighted by atomic mass is 9.97. The number of hydrogen-bond acceptors (Lipinski definition) is 2. The van der Waals surface area contributed by atoms with Crippen LogP contribution in [0.15, 0.2) is 22.7 Å². The fraction of sp³-hybridized carbons (Fsp3) is 0.500. The van der Waals surface area contributed by atoms with E-state index in [1.807, 2.05) is 0 Å². The van der Waals surface area contributed by atoms with Gasteiger partial charge in [0, 0.05) is 28.8 Å². The molecule has 2 nitrogen and oxygen atoms in total. The van der Waals surface area contributed by atoms with Crippen molar-refractivity contribution < 1.29 is 0 Å². The molecule has 1 aliphatic rings. The summed E-state index contributed by atoms with van der Waals surface area (Å²) in [5.41, 5.74) is 2.65. The van der Waals surface area contributed by atoms with Crippen LogP contribution < -0.4 is 10.6 Å². The van der Waals surface area contributed by atoms with E-state index in [4.69, 9.17) is 0 Å². The van der Waals surface area contributed by atoms with Crippen molar-refractivity contribution in [3.63, 3.8) is 0 Å². The number of rotatable bonds is 2. The minimum absolute atomic E-state index is 0.495. The number of halogens is 1. The first kappa shape index (κ1) is 11.0. The lowest BCUT2D eigenvalue weighted by Gasteiger charge is -2.29. The highest BCUT2D eigenvalue weighted by Gasteiger charge is 2.19. The van der Waals surface area contributed by atoms with Gasteiger partial charge < -0.3 is 10.6 Å². The van der Waals surface area contributed by atoms with E-state index < -0.39 is 0 Å². The number of hydrogen-bond donors (Lipinski definition) is 2. The van der Waals surface area contributed by atoms with E-state index >= 15 is 0 Å². The Kier molecular flexibility index (Phi) is 3.32. The maximum absolute atomic E-state index is 3.60. The molecule has 1 heterocycles. The fourth-order valence-corrected chi connectivity index (χ4v) is 2.43. The van der Waals surface area contributed by atoms with Crippen LogP contribution in [-0.4, -0.2) is 12.6 Å². The molecule has 0 radical (unpaired) electrons. The van der Waals surface area contributed by atoms with Crippen LogP contribution in [0.2, 0.25) is 0 Å². The zero-order valence-electron chi connectivity index (χ0n) is 9.18. The van der Waals surface area contributed by atoms with E-state index in [9.17, 15) is 0 Å². The van der Waals surface area contributed by atoms with Crippen molar-refractivity contribution in [3.05, 3.63) is 28.2 Å². The predicted octanol–water partition coefficient (Wildman–Crippen LogP) is 3.30. The Morgan fingerprint density at radius 1 is 1.47 bits per heavy atom. The van der Waals surface area contributed by atoms with Gasteiger partial charge in [-0.15, -0.1) is 0 Å². The second kappa shape index (κ2) is 4.54. The van der Waals surface area contributed by atoms with Gasteiger partial charge in [0.2, 0.25) is 0 Å². The molecule has 2 rings (SSSR count). The van der Waals surface area contributed by atoms with E-state index in [2.05, 4.69) is 58.6 Å². The first-order chi connectivity index (χ1) is 7.16. The van der Waals surface area contributed by atoms with Gasteiger partial charge in [-0.2, -0.15) is 0 Å². The van der Waals surface area contributed by atoms with E-state index in [1.54, 1.807) is 0 Å². The summed E-state index contributed by atoms with van der Waals surface area (Å²) in [7, 11) is 0. The van der Waals surface area contributed by atoms with E-state index in [-0.39, 0.29) is 0 Å². The van der Waals surface area contributed by atoms with Crippen LogP contribution in [-0.2, 0) is 0 Å². The summed E-state index contributed by atoms with van der Waals surface area (Å²) >= 11 is 3.50. The molecular formula is C12H17BrN2. The van der Waals surface area contributed by atoms with Crippen molar-refractivity contribution in [1.29, 1.82) is 0 Å². The summed E-state index contributed by atoms with van der Waals surface area (Å²) in [4.78, 5) is 0. The van der Waals surface area contributed by atoms with Gasteiger partial charge in [-0.1, -0.05) is 35.8 Å². The molecule has 0 saturated carbocycles. The van der Waals surface area contributed by atoms with E-state index in [0.29, 0.717) is 12.1 Å². The highest BCUT2D eigenvalue weighted by atomic mass is 79.9. The molecule has 1 aromatic rings. The average Bonchev–Trinajstić information content (AvgIpc) is 2.16. The lowest BCUT2D eigenvalue weighted by molar-refractivity contribution is 0.453. The van der Waals surface area contributed by atoms with Gasteiger partial charge in [0.25, 0.3) is 0 Å². The number of fused-ring (bicyclic) bond motifs is 1. The Bertz CT molecular complexity index is 349. The third kappa shape index (κ3) is 2.52. The summed E-state index contributed by atoms with van der Waals surface area (Å²) in [6, 6.07) is 7.50. The SMILES string of the molecule is CC(C)NC1CCNc2cc(Br)ccc21. The molecule has 0 saturated heterocycles. The minimum atomic E-state index is 0.495. The number of benzene rings is 1. The first-order valence-corrected chi connectivity index (χ1v) is 6.25. The van der Waals surface area contributed by atoms with Crippen LogP contribution in [0, 0.1) is 0 Å². The van der Waals surface area contributed by atoms with Crippen LogP contribution in [0.25, 0.3) is 0 Å². The van der Waals surface area contributed by atoms with Crippen LogP contribution >= 0.6 is 15.9 Å². The molecule has 0 bridgehead atoms. The summed E-state index contributed by atoms with van der Waals surface area (Å²) in [5.74, 6) is 0. The van der Waals surface area contributed by atoms with Crippen molar-refractivity contribution in [1.82, 2.24) is 5.32 Å². The van der Waals surface area contributed by atoms with Gasteiger partial charge in [0.15, 0.2) is 0 Å². The molecule has 1 aliphatic heterocycles. The zero-order chi connectivity index (χ0) is 10.8. The molecule has 1 aromatic carbocycles. The van der Waals surface area contributed by atoms with Gasteiger partial charge in [-0.25, -0.2) is 0 Å². The molecule has 0 fully saturated rings. The zero-order valence-corrected chi connectivity index (χ0v) is 10.8. The summed E-state index contributed by atoms with van der Waals surface area (Å²) < 4.78 is 1.14. The third-order valence-corrected chi connectivity index (χ3v) is 3.17. The lowest BCUT2D eigenvalue weighted by Crippen LogP contribution is -2.32. The smallest absolute Gasteiger partial charge is 0.0400 e. The van der Waals surface area contributed by atoms with E-state index in [0.717, 1.165) is 17.4 Å². The Balaban J connectivity index is 2.26. The van der Waals surface area contributed by atoms with Gasteiger partial charge >= 0.3 is 0 Å². The predicted molar refractivity (Wildman–Crippen MR) is 68.3 cm³/mol. The van der Waals surface area contributed by atoms with Crippen molar-refractivity contribution in [2.45, 2.75) is 32.4 Å². The van der Waals surface area contributed by atoms with Crippen molar-refractivity contribution in [2.75, 3.05) is 11.9 Å². The standard InChI is InChI=1S/C12H17BrN2/c1-8(2)15-11-5-6-14-12-7-9(13)3-4-10(11)12/h3-4,7-8,11,14-15H,5-6H2,1-2H3. The quantitative estimate of drug-likeness (QED) is 0.860. The monoisotopic (exact) mass is 268 g/mol. The number of nitrogens with one attached hydrogen (secondary N) is 2. The average molecular weight is 269 g/mol. The van der Waals surface area contributed by atoms with Gasteiger partial charge in [0.1, 0.15) is 0 Å². The molecule has 0 aromatic heterocycles. The summed E-state index contributed by atoms with van der Waals surface area (Å²) in [6.07, 6.45) is 1.16. The Morgan fingerprint density at radius 2 is 2.27 bits per heavy atom. The second-order valence-electron chi connectivity index (χ2n) is 4.32. The first-order valence-electron chi connectivity index (χ1n) is 5.46. The molecule has 0 amide bonds. The largest absolute Gasteiger partial charge is 0.385 e. The molecule has 82 valence electrons. The molecule has 0 spiro atoms. The molecule has 2 N–H and O–H groups in total. The maximum Gasteiger partial charge on any atom is 0.0400 e. The number of anilines is 1. The molecule has 0 aliphatic carbocycles. The highest BCUT2D eigenvalue weighted by molar-refractivity contribution is 9.10. The van der Waals surface area contributed by atoms with Gasteiger partial charge in [-0.05, 0) is 24.1 Å². The molecule has 1 unspecified atom stereocenters. The molecule has 3 heteroatoms. The Labute approximate surface area is 99.6 Å². The van der Waals surface area contributed by atoms with Crippen molar-refractivity contribution in [3.8, 4) is 0 Å². The van der Waals surface area contributed by atoms with Crippen LogP contribution in [0.3, 0.4) is 0 Å². The highest BCUT2D eigenvalue weighted by Crippen LogP contribution is 2.32. The Hall–Kier alpha value is -0.540. The minimum Gasteiger partial charge on any atom is -0.385 e. The third-order valence-electron chi connectivity index (χ3n) is 2.67. The Morgan fingerprint density at radius 3 is 3.00 bits per heavy atom. The van der Waals surface area contributed by atoms with Gasteiger partial charge in [0.05, 0.1) is 0 Å². The summed E-state index contributed by atoms with van der Waals surface area (Å²) in [5, 5.41) is 7.04.